The average molecular weight is 315 g/mol. The van der Waals surface area contributed by atoms with Gasteiger partial charge in [0.15, 0.2) is 5.82 Å². The second-order valence-corrected chi connectivity index (χ2v) is 5.95. The summed E-state index contributed by atoms with van der Waals surface area (Å²) >= 11 is 0. The SMILES string of the molecule is CCCCCCCCc1nc(-c2ccc(C)cn2)[nH]c(=O)c1O. The standard InChI is InChI=1S/C18H25N3O2/c1-3-4-5-6-7-8-9-14-16(22)18(23)21-17(20-14)15-11-10-13(2)12-19-15/h10-12,22H,3-9H2,1-2H3,(H,20,21,23). The third kappa shape index (κ3) is 4.91. The number of aryl methyl sites for hydroxylation is 2. The van der Waals surface area contributed by atoms with E-state index in [4.69, 9.17) is 0 Å². The average Bonchev–Trinajstić information content (AvgIpc) is 2.55. The first kappa shape index (κ1) is 17.2. The Kier molecular flexibility index (Phi) is 6.32. The summed E-state index contributed by atoms with van der Waals surface area (Å²) in [6, 6.07) is 3.74. The molecule has 0 radical (unpaired) electrons. The van der Waals surface area contributed by atoms with Gasteiger partial charge in [0.25, 0.3) is 5.56 Å². The molecule has 2 aromatic heterocycles. The zero-order valence-electron chi connectivity index (χ0n) is 13.9. The summed E-state index contributed by atoms with van der Waals surface area (Å²) in [6.45, 7) is 4.15. The van der Waals surface area contributed by atoms with Gasteiger partial charge in [-0.25, -0.2) is 4.98 Å². The summed E-state index contributed by atoms with van der Waals surface area (Å²) in [4.78, 5) is 23.2. The number of hydrogen-bond donors (Lipinski definition) is 2. The van der Waals surface area contributed by atoms with Gasteiger partial charge in [-0.15, -0.1) is 0 Å². The number of unbranched alkanes of at least 4 members (excludes halogenated alkanes) is 5. The van der Waals surface area contributed by atoms with E-state index in [9.17, 15) is 9.90 Å². The Balaban J connectivity index is 2.07. The number of nitrogens with zero attached hydrogens (tertiary/aromatic N) is 2. The Bertz CT molecular complexity index is 678. The molecule has 0 aliphatic rings. The summed E-state index contributed by atoms with van der Waals surface area (Å²) in [7, 11) is 0. The van der Waals surface area contributed by atoms with Gasteiger partial charge in [0, 0.05) is 6.20 Å². The van der Waals surface area contributed by atoms with Crippen LogP contribution in [0.15, 0.2) is 23.1 Å². The molecule has 0 fully saturated rings. The highest BCUT2D eigenvalue weighted by atomic mass is 16.3. The zero-order valence-corrected chi connectivity index (χ0v) is 13.9. The lowest BCUT2D eigenvalue weighted by Gasteiger charge is -2.07. The fraction of sp³-hybridized carbons (Fsp3) is 0.500. The summed E-state index contributed by atoms with van der Waals surface area (Å²) in [5.41, 5.74) is 1.61. The number of aromatic nitrogens is 3. The van der Waals surface area contributed by atoms with Crippen molar-refractivity contribution in [2.24, 2.45) is 0 Å². The van der Waals surface area contributed by atoms with Crippen LogP contribution in [0.25, 0.3) is 11.5 Å². The van der Waals surface area contributed by atoms with Crippen molar-refractivity contribution in [3.05, 3.63) is 39.9 Å². The van der Waals surface area contributed by atoms with Crippen LogP contribution in [0.4, 0.5) is 0 Å². The van der Waals surface area contributed by atoms with Crippen molar-refractivity contribution in [2.45, 2.75) is 58.8 Å². The van der Waals surface area contributed by atoms with Gasteiger partial charge in [0.1, 0.15) is 5.69 Å². The fourth-order valence-electron chi connectivity index (χ4n) is 2.49. The molecule has 23 heavy (non-hydrogen) atoms. The molecule has 0 aliphatic heterocycles. The highest BCUT2D eigenvalue weighted by molar-refractivity contribution is 5.50. The fourth-order valence-corrected chi connectivity index (χ4v) is 2.49. The monoisotopic (exact) mass is 315 g/mol. The largest absolute Gasteiger partial charge is 0.502 e. The van der Waals surface area contributed by atoms with Crippen molar-refractivity contribution in [1.29, 1.82) is 0 Å². The molecule has 0 atom stereocenters. The van der Waals surface area contributed by atoms with Crippen molar-refractivity contribution in [3.63, 3.8) is 0 Å². The maximum Gasteiger partial charge on any atom is 0.293 e. The topological polar surface area (TPSA) is 78.9 Å². The maximum atomic E-state index is 11.9. The van der Waals surface area contributed by atoms with Crippen LogP contribution in [-0.4, -0.2) is 20.1 Å². The van der Waals surface area contributed by atoms with Crippen LogP contribution in [0.2, 0.25) is 0 Å². The molecule has 0 spiro atoms. The van der Waals surface area contributed by atoms with Crippen molar-refractivity contribution < 1.29 is 5.11 Å². The van der Waals surface area contributed by atoms with Gasteiger partial charge in [-0.2, -0.15) is 0 Å². The second-order valence-electron chi connectivity index (χ2n) is 5.95. The number of rotatable bonds is 8. The number of aromatic amines is 1. The molecule has 0 bridgehead atoms. The summed E-state index contributed by atoms with van der Waals surface area (Å²) in [5.74, 6) is 0.142. The molecule has 2 heterocycles. The molecular formula is C18H25N3O2. The van der Waals surface area contributed by atoms with Crippen LogP contribution >= 0.6 is 0 Å². The molecule has 124 valence electrons. The Morgan fingerprint density at radius 2 is 1.87 bits per heavy atom. The second kappa shape index (κ2) is 8.46. The molecular weight excluding hydrogens is 290 g/mol. The predicted molar refractivity (Wildman–Crippen MR) is 91.6 cm³/mol. The number of aromatic hydroxyl groups is 1. The molecule has 0 saturated heterocycles. The lowest BCUT2D eigenvalue weighted by Crippen LogP contribution is -2.12. The van der Waals surface area contributed by atoms with E-state index in [1.165, 1.54) is 25.7 Å². The molecule has 0 aliphatic carbocycles. The molecule has 2 N–H and O–H groups in total. The minimum absolute atomic E-state index is 0.269. The number of hydrogen-bond acceptors (Lipinski definition) is 4. The van der Waals surface area contributed by atoms with E-state index < -0.39 is 5.56 Å². The third-order valence-electron chi connectivity index (χ3n) is 3.89. The lowest BCUT2D eigenvalue weighted by molar-refractivity contribution is 0.452. The first-order chi connectivity index (χ1) is 11.1. The highest BCUT2D eigenvalue weighted by Gasteiger charge is 2.12. The molecule has 5 heteroatoms. The number of pyridine rings is 1. The van der Waals surface area contributed by atoms with E-state index in [0.717, 1.165) is 18.4 Å². The molecule has 2 rings (SSSR count). The number of H-pyrrole nitrogens is 1. The zero-order chi connectivity index (χ0) is 16.7. The van der Waals surface area contributed by atoms with Crippen LogP contribution in [0.1, 0.15) is 56.7 Å². The van der Waals surface area contributed by atoms with Gasteiger partial charge in [0.05, 0.1) is 5.69 Å². The van der Waals surface area contributed by atoms with Crippen LogP contribution < -0.4 is 5.56 Å². The van der Waals surface area contributed by atoms with E-state index in [1.807, 2.05) is 19.1 Å². The van der Waals surface area contributed by atoms with Gasteiger partial charge in [-0.05, 0) is 31.4 Å². The third-order valence-corrected chi connectivity index (χ3v) is 3.89. The predicted octanol–water partition coefficient (Wildman–Crippen LogP) is 3.75. The lowest BCUT2D eigenvalue weighted by atomic mass is 10.1. The quantitative estimate of drug-likeness (QED) is 0.727. The minimum Gasteiger partial charge on any atom is -0.502 e. The van der Waals surface area contributed by atoms with Crippen molar-refractivity contribution in [3.8, 4) is 17.3 Å². The normalized spacial score (nSPS) is 10.9. The van der Waals surface area contributed by atoms with E-state index in [0.29, 0.717) is 23.6 Å². The van der Waals surface area contributed by atoms with Gasteiger partial charge in [0.2, 0.25) is 5.75 Å². The van der Waals surface area contributed by atoms with Crippen molar-refractivity contribution in [2.75, 3.05) is 0 Å². The first-order valence-corrected chi connectivity index (χ1v) is 8.37. The van der Waals surface area contributed by atoms with Gasteiger partial charge in [-0.3, -0.25) is 9.78 Å². The van der Waals surface area contributed by atoms with Crippen molar-refractivity contribution >= 4 is 0 Å². The van der Waals surface area contributed by atoms with E-state index >= 15 is 0 Å². The Labute approximate surface area is 136 Å². The van der Waals surface area contributed by atoms with Crippen LogP contribution in [-0.2, 0) is 6.42 Å². The van der Waals surface area contributed by atoms with Gasteiger partial charge < -0.3 is 10.1 Å². The molecule has 5 nitrogen and oxygen atoms in total. The molecule has 0 unspecified atom stereocenters. The first-order valence-electron chi connectivity index (χ1n) is 8.37. The smallest absolute Gasteiger partial charge is 0.293 e. The molecule has 0 aromatic carbocycles. The molecule has 0 amide bonds. The number of nitrogens with one attached hydrogen (secondary N) is 1. The van der Waals surface area contributed by atoms with E-state index in [2.05, 4.69) is 21.9 Å². The van der Waals surface area contributed by atoms with Crippen molar-refractivity contribution in [1.82, 2.24) is 15.0 Å². The Morgan fingerprint density at radius 1 is 1.13 bits per heavy atom. The van der Waals surface area contributed by atoms with Gasteiger partial charge >= 0.3 is 0 Å². The highest BCUT2D eigenvalue weighted by Crippen LogP contribution is 2.17. The van der Waals surface area contributed by atoms with Crippen LogP contribution in [0, 0.1) is 6.92 Å². The van der Waals surface area contributed by atoms with Crippen LogP contribution in [0.3, 0.4) is 0 Å². The van der Waals surface area contributed by atoms with Gasteiger partial charge in [-0.1, -0.05) is 45.1 Å². The maximum absolute atomic E-state index is 11.9. The summed E-state index contributed by atoms with van der Waals surface area (Å²) in [6.07, 6.45) is 9.27. The summed E-state index contributed by atoms with van der Waals surface area (Å²) in [5, 5.41) is 9.93. The van der Waals surface area contributed by atoms with Crippen LogP contribution in [0.5, 0.6) is 5.75 Å². The van der Waals surface area contributed by atoms with E-state index in [-0.39, 0.29) is 5.75 Å². The molecule has 2 aromatic rings. The summed E-state index contributed by atoms with van der Waals surface area (Å²) < 4.78 is 0. The Hall–Kier alpha value is -2.17. The minimum atomic E-state index is -0.502. The van der Waals surface area contributed by atoms with E-state index in [1.54, 1.807) is 6.20 Å². The Morgan fingerprint density at radius 3 is 2.57 bits per heavy atom. The molecule has 0 saturated carbocycles.